The van der Waals surface area contributed by atoms with Gasteiger partial charge in [-0.25, -0.2) is 22.0 Å². The van der Waals surface area contributed by atoms with Gasteiger partial charge in [-0.3, -0.25) is 4.79 Å². The van der Waals surface area contributed by atoms with E-state index < -0.39 is 40.1 Å². The van der Waals surface area contributed by atoms with Gasteiger partial charge in [-0.1, -0.05) is 18.9 Å². The minimum atomic E-state index is -3.75. The highest BCUT2D eigenvalue weighted by Gasteiger charge is 2.26. The molecule has 0 atom stereocenters. The third-order valence-corrected chi connectivity index (χ3v) is 6.71. The van der Waals surface area contributed by atoms with Crippen molar-refractivity contribution in [3.8, 4) is 0 Å². The lowest BCUT2D eigenvalue weighted by molar-refractivity contribution is -0.119. The van der Waals surface area contributed by atoms with Crippen LogP contribution in [0.2, 0.25) is 0 Å². The summed E-state index contributed by atoms with van der Waals surface area (Å²) < 4.78 is 58.6. The second-order valence-electron chi connectivity index (χ2n) is 7.09. The Labute approximate surface area is 179 Å². The molecule has 0 radical (unpaired) electrons. The predicted molar refractivity (Wildman–Crippen MR) is 109 cm³/mol. The van der Waals surface area contributed by atoms with E-state index in [0.29, 0.717) is 19.2 Å². The van der Waals surface area contributed by atoms with Gasteiger partial charge in [0.25, 0.3) is 5.91 Å². The molecule has 1 aliphatic rings. The maximum absolute atomic E-state index is 13.6. The van der Waals surface area contributed by atoms with E-state index in [1.165, 1.54) is 28.6 Å². The average molecular weight is 452 g/mol. The summed E-state index contributed by atoms with van der Waals surface area (Å²) in [6.45, 7) is 0.132. The van der Waals surface area contributed by atoms with Gasteiger partial charge in [0.2, 0.25) is 10.0 Å². The molecule has 1 amide bonds. The summed E-state index contributed by atoms with van der Waals surface area (Å²) in [4.78, 5) is 24.2. The predicted octanol–water partition coefficient (Wildman–Crippen LogP) is 3.33. The summed E-state index contributed by atoms with van der Waals surface area (Å²) in [5.41, 5.74) is -0.287. The first-order chi connectivity index (χ1) is 14.8. The molecule has 31 heavy (non-hydrogen) atoms. The number of sulfonamides is 1. The van der Waals surface area contributed by atoms with E-state index in [2.05, 4.69) is 5.32 Å². The Morgan fingerprint density at radius 1 is 1.00 bits per heavy atom. The molecule has 0 aromatic heterocycles. The molecule has 0 unspecified atom stereocenters. The summed E-state index contributed by atoms with van der Waals surface area (Å²) >= 11 is 0. The molecule has 1 saturated heterocycles. The highest BCUT2D eigenvalue weighted by atomic mass is 32.2. The van der Waals surface area contributed by atoms with E-state index in [-0.39, 0.29) is 16.1 Å². The first-order valence-corrected chi connectivity index (χ1v) is 11.2. The molecule has 166 valence electrons. The molecule has 0 aliphatic carbocycles. The summed E-state index contributed by atoms with van der Waals surface area (Å²) in [6.07, 6.45) is 3.51. The summed E-state index contributed by atoms with van der Waals surface area (Å²) in [7, 11) is -3.75. The number of ether oxygens (including phenoxy) is 1. The van der Waals surface area contributed by atoms with Gasteiger partial charge in [-0.2, -0.15) is 4.31 Å². The summed E-state index contributed by atoms with van der Waals surface area (Å²) in [5.74, 6) is -3.49. The number of anilines is 1. The fourth-order valence-electron chi connectivity index (χ4n) is 3.21. The number of hydrogen-bond acceptors (Lipinski definition) is 5. The highest BCUT2D eigenvalue weighted by molar-refractivity contribution is 7.89. The van der Waals surface area contributed by atoms with Crippen LogP contribution in [-0.4, -0.2) is 44.3 Å². The molecule has 1 aliphatic heterocycles. The Morgan fingerprint density at radius 3 is 2.39 bits per heavy atom. The van der Waals surface area contributed by atoms with Crippen LogP contribution in [0.4, 0.5) is 14.5 Å². The quantitative estimate of drug-likeness (QED) is 0.679. The van der Waals surface area contributed by atoms with E-state index in [1.54, 1.807) is 0 Å². The van der Waals surface area contributed by atoms with Crippen LogP contribution >= 0.6 is 0 Å². The van der Waals surface area contributed by atoms with Crippen molar-refractivity contribution >= 4 is 27.6 Å². The Morgan fingerprint density at radius 2 is 1.71 bits per heavy atom. The number of halogens is 2. The molecule has 0 bridgehead atoms. The number of nitrogens with one attached hydrogen (secondary N) is 1. The van der Waals surface area contributed by atoms with Gasteiger partial charge in [0.1, 0.15) is 11.6 Å². The topological polar surface area (TPSA) is 92.8 Å². The van der Waals surface area contributed by atoms with Crippen LogP contribution in [0.3, 0.4) is 0 Å². The van der Waals surface area contributed by atoms with Crippen LogP contribution in [0, 0.1) is 11.6 Å². The molecule has 0 saturated carbocycles. The number of amides is 1. The number of hydrogen-bond donors (Lipinski definition) is 1. The van der Waals surface area contributed by atoms with Crippen LogP contribution in [0.25, 0.3) is 0 Å². The molecule has 2 aromatic rings. The van der Waals surface area contributed by atoms with Crippen molar-refractivity contribution in [1.82, 2.24) is 4.31 Å². The zero-order valence-corrected chi connectivity index (χ0v) is 17.5. The zero-order valence-electron chi connectivity index (χ0n) is 16.6. The van der Waals surface area contributed by atoms with Crippen LogP contribution < -0.4 is 5.32 Å². The minimum Gasteiger partial charge on any atom is -0.452 e. The number of nitrogens with zero attached hydrogens (tertiary/aromatic N) is 1. The molecule has 1 fully saturated rings. The van der Waals surface area contributed by atoms with Gasteiger partial charge in [0.05, 0.1) is 16.1 Å². The van der Waals surface area contributed by atoms with Crippen molar-refractivity contribution in [3.05, 3.63) is 59.7 Å². The number of esters is 1. The second kappa shape index (κ2) is 9.97. The van der Waals surface area contributed by atoms with Crippen molar-refractivity contribution in [2.24, 2.45) is 0 Å². The maximum Gasteiger partial charge on any atom is 0.338 e. The van der Waals surface area contributed by atoms with Crippen molar-refractivity contribution < 1.29 is 31.5 Å². The monoisotopic (exact) mass is 452 g/mol. The molecule has 1 N–H and O–H groups in total. The van der Waals surface area contributed by atoms with Crippen LogP contribution in [0.15, 0.2) is 47.4 Å². The SMILES string of the molecule is O=C(COC(=O)c1cccc(S(=O)(=O)N2CCCCCC2)c1)Nc1ccc(F)cc1F. The van der Waals surface area contributed by atoms with E-state index in [9.17, 15) is 26.8 Å². The van der Waals surface area contributed by atoms with Crippen molar-refractivity contribution in [2.75, 3.05) is 25.0 Å². The lowest BCUT2D eigenvalue weighted by atomic mass is 10.2. The molecule has 7 nitrogen and oxygen atoms in total. The van der Waals surface area contributed by atoms with Gasteiger partial charge in [0.15, 0.2) is 6.61 Å². The Kier molecular flexibility index (Phi) is 7.34. The lowest BCUT2D eigenvalue weighted by Crippen LogP contribution is -2.32. The highest BCUT2D eigenvalue weighted by Crippen LogP contribution is 2.21. The van der Waals surface area contributed by atoms with Gasteiger partial charge in [-0.15, -0.1) is 0 Å². The number of benzene rings is 2. The number of carbonyl (C=O) groups is 2. The van der Waals surface area contributed by atoms with Gasteiger partial charge >= 0.3 is 5.97 Å². The number of rotatable bonds is 6. The van der Waals surface area contributed by atoms with Crippen molar-refractivity contribution in [3.63, 3.8) is 0 Å². The zero-order chi connectivity index (χ0) is 22.4. The van der Waals surface area contributed by atoms with Crippen LogP contribution in [-0.2, 0) is 19.6 Å². The molecule has 2 aromatic carbocycles. The Bertz CT molecular complexity index is 1070. The van der Waals surface area contributed by atoms with Gasteiger partial charge in [0, 0.05) is 19.2 Å². The smallest absolute Gasteiger partial charge is 0.338 e. The van der Waals surface area contributed by atoms with Crippen LogP contribution in [0.1, 0.15) is 36.0 Å². The van der Waals surface area contributed by atoms with Gasteiger partial charge < -0.3 is 10.1 Å². The fraction of sp³-hybridized carbons (Fsp3) is 0.333. The first kappa shape index (κ1) is 22.8. The molecular weight excluding hydrogens is 430 g/mol. The van der Waals surface area contributed by atoms with Crippen molar-refractivity contribution in [1.29, 1.82) is 0 Å². The van der Waals surface area contributed by atoms with E-state index in [0.717, 1.165) is 37.8 Å². The van der Waals surface area contributed by atoms with Crippen molar-refractivity contribution in [2.45, 2.75) is 30.6 Å². The molecule has 1 heterocycles. The first-order valence-electron chi connectivity index (χ1n) is 9.79. The Hall–Kier alpha value is -2.85. The summed E-state index contributed by atoms with van der Waals surface area (Å²) in [6, 6.07) is 8.04. The normalized spacial score (nSPS) is 15.2. The second-order valence-corrected chi connectivity index (χ2v) is 9.03. The molecule has 0 spiro atoms. The van der Waals surface area contributed by atoms with E-state index >= 15 is 0 Å². The average Bonchev–Trinajstić information content (AvgIpc) is 3.04. The van der Waals surface area contributed by atoms with E-state index in [4.69, 9.17) is 4.74 Å². The third-order valence-electron chi connectivity index (χ3n) is 4.81. The molecular formula is C21H22F2N2O5S. The van der Waals surface area contributed by atoms with Crippen LogP contribution in [0.5, 0.6) is 0 Å². The lowest BCUT2D eigenvalue weighted by Gasteiger charge is -2.20. The summed E-state index contributed by atoms with van der Waals surface area (Å²) in [5, 5.41) is 2.17. The molecule has 10 heteroatoms. The third kappa shape index (κ3) is 5.86. The van der Waals surface area contributed by atoms with E-state index in [1.807, 2.05) is 0 Å². The standard InChI is InChI=1S/C21H22F2N2O5S/c22-16-8-9-19(18(23)13-16)24-20(26)14-30-21(27)15-6-5-7-17(12-15)31(28,29)25-10-3-1-2-4-11-25/h5-9,12-13H,1-4,10-11,14H2,(H,24,26). The maximum atomic E-state index is 13.6. The van der Waals surface area contributed by atoms with Gasteiger partial charge in [-0.05, 0) is 43.2 Å². The molecule has 3 rings (SSSR count). The largest absolute Gasteiger partial charge is 0.452 e. The number of carbonyl (C=O) groups excluding carboxylic acids is 2. The Balaban J connectivity index is 1.63. The fourth-order valence-corrected chi connectivity index (χ4v) is 4.77. The minimum absolute atomic E-state index is 0.0262.